The second-order valence-corrected chi connectivity index (χ2v) is 7.79. The van der Waals surface area contributed by atoms with Gasteiger partial charge in [-0.3, -0.25) is 0 Å². The summed E-state index contributed by atoms with van der Waals surface area (Å²) in [5.74, 6) is 2.77. The SMILES string of the molecule is NC1CC(c2nnc(CNCCc3c[nH]c4ccccc34)n2C2CC2)C1. The molecule has 0 spiro atoms. The third-order valence-electron chi connectivity index (χ3n) is 5.77. The number of aromatic nitrogens is 4. The number of aromatic amines is 1. The average molecular weight is 350 g/mol. The Kier molecular flexibility index (Phi) is 4.02. The van der Waals surface area contributed by atoms with Crippen molar-refractivity contribution in [1.82, 2.24) is 25.1 Å². The van der Waals surface area contributed by atoms with Crippen LogP contribution in [0.25, 0.3) is 10.9 Å². The van der Waals surface area contributed by atoms with Gasteiger partial charge in [0, 0.05) is 35.1 Å². The predicted octanol–water partition coefficient (Wildman–Crippen LogP) is 2.63. The van der Waals surface area contributed by atoms with E-state index in [-0.39, 0.29) is 0 Å². The van der Waals surface area contributed by atoms with E-state index in [0.29, 0.717) is 18.0 Å². The Morgan fingerprint density at radius 3 is 2.85 bits per heavy atom. The first-order valence-corrected chi connectivity index (χ1v) is 9.74. The molecule has 3 aromatic rings. The number of para-hydroxylation sites is 1. The van der Waals surface area contributed by atoms with Gasteiger partial charge in [0.2, 0.25) is 0 Å². The summed E-state index contributed by atoms with van der Waals surface area (Å²) in [4.78, 5) is 3.35. The van der Waals surface area contributed by atoms with Gasteiger partial charge in [-0.2, -0.15) is 0 Å². The highest BCUT2D eigenvalue weighted by molar-refractivity contribution is 5.83. The first kappa shape index (κ1) is 16.0. The summed E-state index contributed by atoms with van der Waals surface area (Å²) in [7, 11) is 0. The van der Waals surface area contributed by atoms with Crippen LogP contribution in [0.5, 0.6) is 0 Å². The first-order valence-electron chi connectivity index (χ1n) is 9.74. The molecule has 0 radical (unpaired) electrons. The molecule has 0 unspecified atom stereocenters. The maximum absolute atomic E-state index is 5.97. The van der Waals surface area contributed by atoms with E-state index >= 15 is 0 Å². The monoisotopic (exact) mass is 350 g/mol. The molecule has 6 nitrogen and oxygen atoms in total. The van der Waals surface area contributed by atoms with Gasteiger partial charge in [-0.05, 0) is 50.3 Å². The Labute approximate surface area is 153 Å². The largest absolute Gasteiger partial charge is 0.361 e. The summed E-state index contributed by atoms with van der Waals surface area (Å²) < 4.78 is 2.40. The number of nitrogens with one attached hydrogen (secondary N) is 2. The Hall–Kier alpha value is -2.18. The number of rotatable bonds is 7. The smallest absolute Gasteiger partial charge is 0.147 e. The first-order chi connectivity index (χ1) is 12.8. The quantitative estimate of drug-likeness (QED) is 0.572. The van der Waals surface area contributed by atoms with Crippen LogP contribution < -0.4 is 11.1 Å². The van der Waals surface area contributed by atoms with Gasteiger partial charge in [0.15, 0.2) is 0 Å². The zero-order valence-corrected chi connectivity index (χ0v) is 15.0. The molecule has 2 fully saturated rings. The van der Waals surface area contributed by atoms with Crippen LogP contribution in [0.2, 0.25) is 0 Å². The van der Waals surface area contributed by atoms with Crippen LogP contribution in [0.4, 0.5) is 0 Å². The standard InChI is InChI=1S/C20H26N6/c21-15-9-14(10-15)20-25-24-19(26(20)16-5-6-16)12-22-8-7-13-11-23-18-4-2-1-3-17(13)18/h1-4,11,14-16,22-23H,5-10,12,21H2. The maximum atomic E-state index is 5.97. The van der Waals surface area contributed by atoms with E-state index in [9.17, 15) is 0 Å². The van der Waals surface area contributed by atoms with Crippen molar-refractivity contribution in [2.45, 2.75) is 56.7 Å². The molecular formula is C20H26N6. The van der Waals surface area contributed by atoms with Crippen LogP contribution in [0.3, 0.4) is 0 Å². The lowest BCUT2D eigenvalue weighted by atomic mass is 9.80. The van der Waals surface area contributed by atoms with Gasteiger partial charge in [0.1, 0.15) is 11.6 Å². The fourth-order valence-corrected chi connectivity index (χ4v) is 4.10. The number of hydrogen-bond acceptors (Lipinski definition) is 4. The predicted molar refractivity (Wildman–Crippen MR) is 102 cm³/mol. The van der Waals surface area contributed by atoms with Gasteiger partial charge in [0.05, 0.1) is 6.54 Å². The van der Waals surface area contributed by atoms with E-state index < -0.39 is 0 Å². The molecule has 0 atom stereocenters. The average Bonchev–Trinajstić information content (AvgIpc) is 3.25. The van der Waals surface area contributed by atoms with Crippen molar-refractivity contribution in [3.63, 3.8) is 0 Å². The fraction of sp³-hybridized carbons (Fsp3) is 0.500. The van der Waals surface area contributed by atoms with E-state index in [1.807, 2.05) is 0 Å². The fourth-order valence-electron chi connectivity index (χ4n) is 4.10. The lowest BCUT2D eigenvalue weighted by Gasteiger charge is -2.31. The van der Waals surface area contributed by atoms with Crippen LogP contribution in [0, 0.1) is 0 Å². The Morgan fingerprint density at radius 2 is 2.04 bits per heavy atom. The minimum atomic E-state index is 0.349. The number of hydrogen-bond donors (Lipinski definition) is 3. The topological polar surface area (TPSA) is 84.6 Å². The molecule has 2 saturated carbocycles. The van der Waals surface area contributed by atoms with Gasteiger partial charge in [-0.15, -0.1) is 10.2 Å². The zero-order valence-electron chi connectivity index (χ0n) is 15.0. The molecule has 0 saturated heterocycles. The number of nitrogens with zero attached hydrogens (tertiary/aromatic N) is 3. The van der Waals surface area contributed by atoms with Gasteiger partial charge < -0.3 is 20.6 Å². The van der Waals surface area contributed by atoms with Gasteiger partial charge >= 0.3 is 0 Å². The Bertz CT molecular complexity index is 900. The van der Waals surface area contributed by atoms with Gasteiger partial charge in [-0.25, -0.2) is 0 Å². The molecule has 1 aromatic carbocycles. The number of H-pyrrole nitrogens is 1. The van der Waals surface area contributed by atoms with Crippen LogP contribution >= 0.6 is 0 Å². The highest BCUT2D eigenvalue weighted by atomic mass is 15.3. The van der Waals surface area contributed by atoms with Crippen molar-refractivity contribution in [3.05, 3.63) is 47.7 Å². The second kappa shape index (κ2) is 6.52. The summed E-state index contributed by atoms with van der Waals surface area (Å²) in [6.45, 7) is 1.72. The number of fused-ring (bicyclic) bond motifs is 1. The minimum absolute atomic E-state index is 0.349. The lowest BCUT2D eigenvalue weighted by Crippen LogP contribution is -2.36. The molecular weight excluding hydrogens is 324 g/mol. The van der Waals surface area contributed by atoms with Crippen molar-refractivity contribution in [1.29, 1.82) is 0 Å². The molecule has 6 heteroatoms. The summed E-state index contributed by atoms with van der Waals surface area (Å²) in [5, 5.41) is 13.9. The minimum Gasteiger partial charge on any atom is -0.361 e. The summed E-state index contributed by atoms with van der Waals surface area (Å²) in [6, 6.07) is 9.43. The van der Waals surface area contributed by atoms with Crippen LogP contribution in [-0.2, 0) is 13.0 Å². The molecule has 26 heavy (non-hydrogen) atoms. The molecule has 0 bridgehead atoms. The van der Waals surface area contributed by atoms with E-state index in [4.69, 9.17) is 5.73 Å². The zero-order chi connectivity index (χ0) is 17.5. The van der Waals surface area contributed by atoms with Crippen molar-refractivity contribution < 1.29 is 0 Å². The molecule has 2 aromatic heterocycles. The molecule has 4 N–H and O–H groups in total. The second-order valence-electron chi connectivity index (χ2n) is 7.79. The van der Waals surface area contributed by atoms with Crippen LogP contribution in [0.15, 0.2) is 30.5 Å². The summed E-state index contributed by atoms with van der Waals surface area (Å²) >= 11 is 0. The molecule has 2 aliphatic carbocycles. The van der Waals surface area contributed by atoms with E-state index in [1.165, 1.54) is 35.1 Å². The van der Waals surface area contributed by atoms with Crippen molar-refractivity contribution in [3.8, 4) is 0 Å². The highest BCUT2D eigenvalue weighted by Crippen LogP contribution is 2.42. The van der Waals surface area contributed by atoms with E-state index in [2.05, 4.69) is 55.5 Å². The lowest BCUT2D eigenvalue weighted by molar-refractivity contribution is 0.327. The normalized spacial score (nSPS) is 22.7. The molecule has 136 valence electrons. The van der Waals surface area contributed by atoms with E-state index in [0.717, 1.165) is 38.2 Å². The van der Waals surface area contributed by atoms with Crippen molar-refractivity contribution in [2.75, 3.05) is 6.54 Å². The molecule has 5 rings (SSSR count). The van der Waals surface area contributed by atoms with Crippen molar-refractivity contribution in [2.24, 2.45) is 5.73 Å². The van der Waals surface area contributed by atoms with Gasteiger partial charge in [-0.1, -0.05) is 18.2 Å². The number of benzene rings is 1. The third kappa shape index (κ3) is 2.93. The Morgan fingerprint density at radius 1 is 1.19 bits per heavy atom. The third-order valence-corrected chi connectivity index (χ3v) is 5.77. The van der Waals surface area contributed by atoms with Crippen LogP contribution in [0.1, 0.15) is 54.9 Å². The van der Waals surface area contributed by atoms with Crippen LogP contribution in [-0.4, -0.2) is 32.3 Å². The highest BCUT2D eigenvalue weighted by Gasteiger charge is 2.36. The van der Waals surface area contributed by atoms with E-state index in [1.54, 1.807) is 0 Å². The molecule has 2 heterocycles. The molecule has 2 aliphatic rings. The molecule has 0 amide bonds. The summed E-state index contributed by atoms with van der Waals surface area (Å²) in [5.41, 5.74) is 8.54. The summed E-state index contributed by atoms with van der Waals surface area (Å²) in [6.07, 6.45) is 7.75. The Balaban J connectivity index is 1.22. The van der Waals surface area contributed by atoms with Crippen molar-refractivity contribution >= 4 is 10.9 Å². The maximum Gasteiger partial charge on any atom is 0.147 e. The van der Waals surface area contributed by atoms with Gasteiger partial charge in [0.25, 0.3) is 0 Å². The molecule has 0 aliphatic heterocycles. The number of nitrogens with two attached hydrogens (primary N) is 1.